The van der Waals surface area contributed by atoms with E-state index in [0.717, 1.165) is 17.1 Å². The third-order valence-electron chi connectivity index (χ3n) is 3.28. The summed E-state index contributed by atoms with van der Waals surface area (Å²) in [6.07, 6.45) is 0. The average Bonchev–Trinajstić information content (AvgIpc) is 2.38. The minimum Gasteiger partial charge on any atom is -0.457 e. The van der Waals surface area contributed by atoms with Gasteiger partial charge in [0.15, 0.2) is 0 Å². The molecule has 2 rings (SSSR count). The molecular formula is C18H22O2. The number of hydrogen-bond donors (Lipinski definition) is 1. The number of aryl methyl sites for hydroxylation is 1. The zero-order valence-electron chi connectivity index (χ0n) is 12.6. The molecular weight excluding hydrogens is 248 g/mol. The van der Waals surface area contributed by atoms with E-state index in [1.807, 2.05) is 24.3 Å². The molecule has 0 saturated heterocycles. The topological polar surface area (TPSA) is 29.5 Å². The van der Waals surface area contributed by atoms with Crippen LogP contribution in [0.1, 0.15) is 37.5 Å². The predicted octanol–water partition coefficient (Wildman–Crippen LogP) is 4.58. The normalized spacial score (nSPS) is 11.4. The van der Waals surface area contributed by atoms with E-state index in [9.17, 15) is 0 Å². The van der Waals surface area contributed by atoms with Crippen LogP contribution in [-0.2, 0) is 12.0 Å². The molecule has 20 heavy (non-hydrogen) atoms. The molecule has 2 aromatic carbocycles. The Morgan fingerprint density at radius 2 is 1.65 bits per heavy atom. The molecule has 0 bridgehead atoms. The highest BCUT2D eigenvalue weighted by atomic mass is 16.5. The second-order valence-corrected chi connectivity index (χ2v) is 6.15. The average molecular weight is 270 g/mol. The van der Waals surface area contributed by atoms with Gasteiger partial charge in [0.25, 0.3) is 0 Å². The molecule has 106 valence electrons. The zero-order valence-corrected chi connectivity index (χ0v) is 12.6. The SMILES string of the molecule is Cc1ccc(C(C)(C)C)c(Oc2ccc(CO)cc2)c1. The summed E-state index contributed by atoms with van der Waals surface area (Å²) in [6.45, 7) is 8.66. The Hall–Kier alpha value is -1.80. The molecule has 2 nitrogen and oxygen atoms in total. The van der Waals surface area contributed by atoms with E-state index < -0.39 is 0 Å². The first-order chi connectivity index (χ1) is 9.40. The lowest BCUT2D eigenvalue weighted by Gasteiger charge is -2.23. The van der Waals surface area contributed by atoms with Crippen LogP contribution >= 0.6 is 0 Å². The zero-order chi connectivity index (χ0) is 14.8. The Morgan fingerprint density at radius 3 is 2.20 bits per heavy atom. The monoisotopic (exact) mass is 270 g/mol. The van der Waals surface area contributed by atoms with E-state index in [1.54, 1.807) is 0 Å². The summed E-state index contributed by atoms with van der Waals surface area (Å²) < 4.78 is 6.03. The lowest BCUT2D eigenvalue weighted by Crippen LogP contribution is -2.12. The van der Waals surface area contributed by atoms with Gasteiger partial charge < -0.3 is 9.84 Å². The molecule has 0 heterocycles. The summed E-state index contributed by atoms with van der Waals surface area (Å²) in [5.74, 6) is 1.69. The van der Waals surface area contributed by atoms with Crippen molar-refractivity contribution in [3.8, 4) is 11.5 Å². The maximum Gasteiger partial charge on any atom is 0.131 e. The van der Waals surface area contributed by atoms with Gasteiger partial charge in [-0.25, -0.2) is 0 Å². The van der Waals surface area contributed by atoms with Gasteiger partial charge >= 0.3 is 0 Å². The standard InChI is InChI=1S/C18H22O2/c1-13-5-10-16(18(2,3)4)17(11-13)20-15-8-6-14(12-19)7-9-15/h5-11,19H,12H2,1-4H3. The largest absolute Gasteiger partial charge is 0.457 e. The number of hydrogen-bond acceptors (Lipinski definition) is 2. The summed E-state index contributed by atoms with van der Waals surface area (Å²) in [7, 11) is 0. The van der Waals surface area contributed by atoms with Crippen LogP contribution in [0.15, 0.2) is 42.5 Å². The number of benzene rings is 2. The van der Waals surface area contributed by atoms with Crippen LogP contribution in [0.4, 0.5) is 0 Å². The molecule has 0 aliphatic heterocycles. The molecule has 2 heteroatoms. The predicted molar refractivity (Wildman–Crippen MR) is 82.3 cm³/mol. The first-order valence-electron chi connectivity index (χ1n) is 6.89. The van der Waals surface area contributed by atoms with Gasteiger partial charge in [0.05, 0.1) is 6.61 Å². The van der Waals surface area contributed by atoms with Crippen molar-refractivity contribution in [1.29, 1.82) is 0 Å². The lowest BCUT2D eigenvalue weighted by molar-refractivity contribution is 0.281. The van der Waals surface area contributed by atoms with E-state index in [1.165, 1.54) is 11.1 Å². The molecule has 0 aromatic heterocycles. The first-order valence-corrected chi connectivity index (χ1v) is 6.89. The fourth-order valence-electron chi connectivity index (χ4n) is 2.12. The van der Waals surface area contributed by atoms with Gasteiger partial charge in [-0.3, -0.25) is 0 Å². The molecule has 0 aliphatic carbocycles. The fourth-order valence-corrected chi connectivity index (χ4v) is 2.12. The summed E-state index contributed by atoms with van der Waals surface area (Å²) in [4.78, 5) is 0. The van der Waals surface area contributed by atoms with Crippen molar-refractivity contribution in [3.05, 3.63) is 59.2 Å². The van der Waals surface area contributed by atoms with E-state index in [4.69, 9.17) is 9.84 Å². The van der Waals surface area contributed by atoms with Crippen LogP contribution in [0, 0.1) is 6.92 Å². The quantitative estimate of drug-likeness (QED) is 0.884. The third kappa shape index (κ3) is 3.40. The third-order valence-corrected chi connectivity index (χ3v) is 3.28. The maximum absolute atomic E-state index is 9.06. The number of ether oxygens (including phenoxy) is 1. The molecule has 0 spiro atoms. The number of rotatable bonds is 3. The van der Waals surface area contributed by atoms with Crippen LogP contribution in [0.3, 0.4) is 0 Å². The summed E-state index contributed by atoms with van der Waals surface area (Å²) in [6, 6.07) is 13.8. The van der Waals surface area contributed by atoms with E-state index in [-0.39, 0.29) is 12.0 Å². The van der Waals surface area contributed by atoms with Crippen molar-refractivity contribution in [2.24, 2.45) is 0 Å². The highest BCUT2D eigenvalue weighted by molar-refractivity contribution is 5.44. The highest BCUT2D eigenvalue weighted by Gasteiger charge is 2.19. The maximum atomic E-state index is 9.06. The van der Waals surface area contributed by atoms with Crippen molar-refractivity contribution in [3.63, 3.8) is 0 Å². The van der Waals surface area contributed by atoms with Gasteiger partial charge in [-0.1, -0.05) is 45.0 Å². The molecule has 0 aliphatic rings. The minimum atomic E-state index is 0.0358. The van der Waals surface area contributed by atoms with Crippen LogP contribution in [0.5, 0.6) is 11.5 Å². The van der Waals surface area contributed by atoms with Crippen molar-refractivity contribution in [2.45, 2.75) is 39.7 Å². The molecule has 0 fully saturated rings. The highest BCUT2D eigenvalue weighted by Crippen LogP contribution is 2.34. The van der Waals surface area contributed by atoms with Crippen LogP contribution in [-0.4, -0.2) is 5.11 Å². The second-order valence-electron chi connectivity index (χ2n) is 6.15. The molecule has 0 radical (unpaired) electrons. The Balaban J connectivity index is 2.34. The van der Waals surface area contributed by atoms with Crippen molar-refractivity contribution in [2.75, 3.05) is 0 Å². The molecule has 0 saturated carbocycles. The van der Waals surface area contributed by atoms with Crippen molar-refractivity contribution < 1.29 is 9.84 Å². The summed E-state index contributed by atoms with van der Waals surface area (Å²) in [5.41, 5.74) is 3.29. The van der Waals surface area contributed by atoms with Crippen molar-refractivity contribution >= 4 is 0 Å². The van der Waals surface area contributed by atoms with E-state index in [0.29, 0.717) is 0 Å². The fraction of sp³-hybridized carbons (Fsp3) is 0.333. The summed E-state index contributed by atoms with van der Waals surface area (Å²) >= 11 is 0. The van der Waals surface area contributed by atoms with Crippen LogP contribution < -0.4 is 4.74 Å². The van der Waals surface area contributed by atoms with E-state index in [2.05, 4.69) is 45.9 Å². The molecule has 0 atom stereocenters. The smallest absolute Gasteiger partial charge is 0.131 e. The Kier molecular flexibility index (Phi) is 4.15. The molecule has 1 N–H and O–H groups in total. The second kappa shape index (κ2) is 5.68. The Morgan fingerprint density at radius 1 is 1.00 bits per heavy atom. The Bertz CT molecular complexity index is 577. The first kappa shape index (κ1) is 14.6. The van der Waals surface area contributed by atoms with Gasteiger partial charge in [0.1, 0.15) is 11.5 Å². The number of aliphatic hydroxyl groups excluding tert-OH is 1. The van der Waals surface area contributed by atoms with Gasteiger partial charge in [0, 0.05) is 5.56 Å². The van der Waals surface area contributed by atoms with Gasteiger partial charge in [-0.05, 0) is 41.7 Å². The number of aliphatic hydroxyl groups is 1. The lowest BCUT2D eigenvalue weighted by atomic mass is 9.86. The van der Waals surface area contributed by atoms with Gasteiger partial charge in [0.2, 0.25) is 0 Å². The van der Waals surface area contributed by atoms with Gasteiger partial charge in [-0.2, -0.15) is 0 Å². The summed E-state index contributed by atoms with van der Waals surface area (Å²) in [5, 5.41) is 9.06. The van der Waals surface area contributed by atoms with E-state index >= 15 is 0 Å². The van der Waals surface area contributed by atoms with Crippen LogP contribution in [0.2, 0.25) is 0 Å². The van der Waals surface area contributed by atoms with Crippen molar-refractivity contribution in [1.82, 2.24) is 0 Å². The molecule has 0 unspecified atom stereocenters. The molecule has 2 aromatic rings. The Labute approximate surface area is 121 Å². The minimum absolute atomic E-state index is 0.0358. The van der Waals surface area contributed by atoms with Crippen LogP contribution in [0.25, 0.3) is 0 Å². The molecule has 0 amide bonds. The van der Waals surface area contributed by atoms with Gasteiger partial charge in [-0.15, -0.1) is 0 Å².